The van der Waals surface area contributed by atoms with E-state index in [1.54, 1.807) is 13.8 Å². The van der Waals surface area contributed by atoms with Crippen LogP contribution in [0, 0.1) is 12.7 Å². The van der Waals surface area contributed by atoms with Gasteiger partial charge in [0, 0.05) is 5.02 Å². The minimum atomic E-state index is -0.727. The van der Waals surface area contributed by atoms with E-state index < -0.39 is 24.0 Å². The maximum absolute atomic E-state index is 13.5. The molecule has 1 aromatic rings. The van der Waals surface area contributed by atoms with Gasteiger partial charge in [-0.2, -0.15) is 0 Å². The molecule has 1 rings (SSSR count). The molecule has 5 heteroatoms. The molecule has 0 bridgehead atoms. The third-order valence-electron chi connectivity index (χ3n) is 2.16. The van der Waals surface area contributed by atoms with Gasteiger partial charge in [-0.05, 0) is 31.5 Å². The largest absolute Gasteiger partial charge is 0.466 e. The summed E-state index contributed by atoms with van der Waals surface area (Å²) in [6.45, 7) is 3.48. The molecule has 0 heterocycles. The van der Waals surface area contributed by atoms with Crippen molar-refractivity contribution in [2.24, 2.45) is 0 Å². The number of ether oxygens (including phenoxy) is 1. The van der Waals surface area contributed by atoms with Crippen molar-refractivity contribution < 1.29 is 18.7 Å². The van der Waals surface area contributed by atoms with Crippen molar-refractivity contribution >= 4 is 23.4 Å². The van der Waals surface area contributed by atoms with Gasteiger partial charge in [0.1, 0.15) is 12.2 Å². The zero-order valence-corrected chi connectivity index (χ0v) is 10.3. The van der Waals surface area contributed by atoms with Crippen LogP contribution in [0.1, 0.15) is 29.3 Å². The minimum Gasteiger partial charge on any atom is -0.466 e. The summed E-state index contributed by atoms with van der Waals surface area (Å²) in [4.78, 5) is 22.7. The van der Waals surface area contributed by atoms with Crippen molar-refractivity contribution in [3.8, 4) is 0 Å². The lowest BCUT2D eigenvalue weighted by Crippen LogP contribution is -2.12. The van der Waals surface area contributed by atoms with Gasteiger partial charge < -0.3 is 4.74 Å². The molecule has 17 heavy (non-hydrogen) atoms. The van der Waals surface area contributed by atoms with Crippen LogP contribution < -0.4 is 0 Å². The van der Waals surface area contributed by atoms with Gasteiger partial charge in [0.2, 0.25) is 0 Å². The second-order valence-electron chi connectivity index (χ2n) is 3.49. The van der Waals surface area contributed by atoms with Gasteiger partial charge in [-0.15, -0.1) is 0 Å². The highest BCUT2D eigenvalue weighted by Gasteiger charge is 2.17. The Morgan fingerprint density at radius 2 is 2.06 bits per heavy atom. The number of hydrogen-bond acceptors (Lipinski definition) is 3. The Morgan fingerprint density at radius 3 is 2.65 bits per heavy atom. The molecular formula is C12H12ClFO3. The smallest absolute Gasteiger partial charge is 0.313 e. The lowest BCUT2D eigenvalue weighted by atomic mass is 10.1. The maximum atomic E-state index is 13.5. The molecule has 0 unspecified atom stereocenters. The van der Waals surface area contributed by atoms with E-state index in [0.29, 0.717) is 5.56 Å². The number of ketones is 1. The highest BCUT2D eigenvalue weighted by atomic mass is 35.5. The summed E-state index contributed by atoms with van der Waals surface area (Å²) in [6.07, 6.45) is -0.466. The number of hydrogen-bond donors (Lipinski definition) is 0. The average molecular weight is 259 g/mol. The number of carbonyl (C=O) groups excluding carboxylic acids is 2. The second-order valence-corrected chi connectivity index (χ2v) is 3.89. The molecule has 0 spiro atoms. The van der Waals surface area contributed by atoms with E-state index >= 15 is 0 Å². The normalized spacial score (nSPS) is 10.1. The molecule has 0 aliphatic carbocycles. The molecular weight excluding hydrogens is 247 g/mol. The Balaban J connectivity index is 2.89. The van der Waals surface area contributed by atoms with Crippen molar-refractivity contribution in [1.29, 1.82) is 0 Å². The predicted octanol–water partition coefficient (Wildman–Crippen LogP) is 2.92. The molecule has 3 nitrogen and oxygen atoms in total. The Kier molecular flexibility index (Phi) is 4.63. The summed E-state index contributed by atoms with van der Waals surface area (Å²) < 4.78 is 18.1. The standard InChI is InChI=1S/C12H12ClFO3/c1-3-17-12(16)6-11(15)8-4-7(2)9(13)5-10(8)14/h4-5H,3,6H2,1-2H3. The van der Waals surface area contributed by atoms with Gasteiger partial charge in [-0.3, -0.25) is 9.59 Å². The zero-order valence-electron chi connectivity index (χ0n) is 9.55. The highest BCUT2D eigenvalue weighted by molar-refractivity contribution is 6.31. The Morgan fingerprint density at radius 1 is 1.41 bits per heavy atom. The van der Waals surface area contributed by atoms with Crippen LogP contribution in [0.25, 0.3) is 0 Å². The molecule has 0 aromatic heterocycles. The molecule has 0 saturated carbocycles. The van der Waals surface area contributed by atoms with E-state index in [1.165, 1.54) is 6.07 Å². The first-order chi connectivity index (χ1) is 7.95. The monoisotopic (exact) mass is 258 g/mol. The molecule has 0 aliphatic heterocycles. The van der Waals surface area contributed by atoms with Crippen molar-refractivity contribution in [3.05, 3.63) is 34.1 Å². The number of Topliss-reactive ketones (excluding diaryl/α,β-unsaturated/α-hetero) is 1. The van der Waals surface area contributed by atoms with E-state index in [-0.39, 0.29) is 17.2 Å². The quantitative estimate of drug-likeness (QED) is 0.474. The first-order valence-electron chi connectivity index (χ1n) is 5.10. The van der Waals surface area contributed by atoms with Gasteiger partial charge in [0.15, 0.2) is 5.78 Å². The number of rotatable bonds is 4. The fourth-order valence-corrected chi connectivity index (χ4v) is 1.46. The van der Waals surface area contributed by atoms with Gasteiger partial charge in [0.25, 0.3) is 0 Å². The van der Waals surface area contributed by atoms with Crippen molar-refractivity contribution in [1.82, 2.24) is 0 Å². The van der Waals surface area contributed by atoms with Crippen LogP contribution in [0.4, 0.5) is 4.39 Å². The summed E-state index contributed by atoms with van der Waals surface area (Å²) in [7, 11) is 0. The van der Waals surface area contributed by atoms with E-state index in [9.17, 15) is 14.0 Å². The third-order valence-corrected chi connectivity index (χ3v) is 2.57. The molecule has 1 aromatic carbocycles. The van der Waals surface area contributed by atoms with Crippen LogP contribution in [0.3, 0.4) is 0 Å². The first kappa shape index (κ1) is 13.6. The fourth-order valence-electron chi connectivity index (χ4n) is 1.31. The van der Waals surface area contributed by atoms with Gasteiger partial charge >= 0.3 is 5.97 Å². The van der Waals surface area contributed by atoms with E-state index in [2.05, 4.69) is 4.74 Å². The Labute approximate surface area is 104 Å². The van der Waals surface area contributed by atoms with Crippen LogP contribution in [-0.2, 0) is 9.53 Å². The van der Waals surface area contributed by atoms with Crippen LogP contribution in [0.5, 0.6) is 0 Å². The molecule has 92 valence electrons. The summed E-state index contributed by atoms with van der Waals surface area (Å²) >= 11 is 5.70. The predicted molar refractivity (Wildman–Crippen MR) is 61.7 cm³/mol. The summed E-state index contributed by atoms with van der Waals surface area (Å²) in [5.41, 5.74) is 0.445. The molecule has 0 amide bonds. The number of carbonyl (C=O) groups is 2. The highest BCUT2D eigenvalue weighted by Crippen LogP contribution is 2.21. The minimum absolute atomic E-state index is 0.139. The van der Waals surface area contributed by atoms with E-state index in [0.717, 1.165) is 6.07 Å². The molecule has 0 N–H and O–H groups in total. The van der Waals surface area contributed by atoms with E-state index in [1.807, 2.05) is 0 Å². The SMILES string of the molecule is CCOC(=O)CC(=O)c1cc(C)c(Cl)cc1F. The molecule has 0 atom stereocenters. The lowest BCUT2D eigenvalue weighted by molar-refractivity contribution is -0.141. The topological polar surface area (TPSA) is 43.4 Å². The number of aryl methyl sites for hydroxylation is 1. The molecule has 0 aliphatic rings. The number of esters is 1. The van der Waals surface area contributed by atoms with Crippen LogP contribution in [0.2, 0.25) is 5.02 Å². The third kappa shape index (κ3) is 3.53. The van der Waals surface area contributed by atoms with Crippen molar-refractivity contribution in [2.45, 2.75) is 20.3 Å². The Bertz CT molecular complexity index is 457. The number of halogens is 2. The van der Waals surface area contributed by atoms with Crippen LogP contribution >= 0.6 is 11.6 Å². The summed E-state index contributed by atoms with van der Waals surface area (Å²) in [5, 5.41) is 0.246. The Hall–Kier alpha value is -1.42. The number of benzene rings is 1. The lowest BCUT2D eigenvalue weighted by Gasteiger charge is -2.05. The molecule has 0 radical (unpaired) electrons. The summed E-state index contributed by atoms with van der Waals surface area (Å²) in [5.74, 6) is -2.00. The van der Waals surface area contributed by atoms with Gasteiger partial charge in [-0.1, -0.05) is 11.6 Å². The molecule has 0 saturated heterocycles. The average Bonchev–Trinajstić information content (AvgIpc) is 2.23. The fraction of sp³-hybridized carbons (Fsp3) is 0.333. The van der Waals surface area contributed by atoms with Crippen molar-refractivity contribution in [2.75, 3.05) is 6.61 Å². The van der Waals surface area contributed by atoms with Gasteiger partial charge in [-0.25, -0.2) is 4.39 Å². The van der Waals surface area contributed by atoms with Crippen LogP contribution in [0.15, 0.2) is 12.1 Å². The first-order valence-corrected chi connectivity index (χ1v) is 5.48. The van der Waals surface area contributed by atoms with Crippen molar-refractivity contribution in [3.63, 3.8) is 0 Å². The maximum Gasteiger partial charge on any atom is 0.313 e. The van der Waals surface area contributed by atoms with Crippen LogP contribution in [-0.4, -0.2) is 18.4 Å². The second kappa shape index (κ2) is 5.77. The summed E-state index contributed by atoms with van der Waals surface area (Å²) in [6, 6.07) is 2.40. The van der Waals surface area contributed by atoms with Gasteiger partial charge in [0.05, 0.1) is 12.2 Å². The van der Waals surface area contributed by atoms with E-state index in [4.69, 9.17) is 11.6 Å². The zero-order chi connectivity index (χ0) is 13.0. The molecule has 0 fully saturated rings.